The fourth-order valence-corrected chi connectivity index (χ4v) is 2.06. The number of para-hydroxylation sites is 2. The van der Waals surface area contributed by atoms with E-state index in [4.69, 9.17) is 11.6 Å². The molecule has 13 heavy (non-hydrogen) atoms. The van der Waals surface area contributed by atoms with Gasteiger partial charge in [0.05, 0.1) is 16.7 Å². The summed E-state index contributed by atoms with van der Waals surface area (Å²) in [6.45, 7) is 0. The maximum absolute atomic E-state index is 5.92. The number of fused-ring (bicyclic) bond motifs is 1. The van der Waals surface area contributed by atoms with Gasteiger partial charge in [-0.1, -0.05) is 46.3 Å². The van der Waals surface area contributed by atoms with E-state index < -0.39 is 0 Å². The highest BCUT2D eigenvalue weighted by Gasteiger charge is 2.03. The molecular weight excluding hydrogens is 298 g/mol. The minimum atomic E-state index is 0.508. The number of aromatic nitrogens is 2. The molecule has 4 heteroatoms. The standard InChI is InChI=1S/C9H6ClIN2/c10-9-8(5-11)12-6-3-1-2-4-7(6)13-9/h1-4H,5H2. The molecule has 1 heterocycles. The minimum absolute atomic E-state index is 0.508. The average Bonchev–Trinajstić information content (AvgIpc) is 2.17. The van der Waals surface area contributed by atoms with Crippen molar-refractivity contribution < 1.29 is 0 Å². The lowest BCUT2D eigenvalue weighted by atomic mass is 10.3. The summed E-state index contributed by atoms with van der Waals surface area (Å²) in [5.74, 6) is 0. The van der Waals surface area contributed by atoms with Gasteiger partial charge in [0.25, 0.3) is 0 Å². The molecule has 0 aliphatic heterocycles. The third-order valence-electron chi connectivity index (χ3n) is 1.72. The van der Waals surface area contributed by atoms with Crippen molar-refractivity contribution >= 4 is 45.2 Å². The van der Waals surface area contributed by atoms with Gasteiger partial charge in [-0.05, 0) is 12.1 Å². The summed E-state index contributed by atoms with van der Waals surface area (Å²) in [6.07, 6.45) is 0. The van der Waals surface area contributed by atoms with Crippen LogP contribution in [0.1, 0.15) is 5.69 Å². The smallest absolute Gasteiger partial charge is 0.152 e. The Morgan fingerprint density at radius 3 is 2.38 bits per heavy atom. The topological polar surface area (TPSA) is 25.8 Å². The van der Waals surface area contributed by atoms with Crippen LogP contribution in [-0.4, -0.2) is 9.97 Å². The zero-order valence-corrected chi connectivity index (χ0v) is 9.58. The highest BCUT2D eigenvalue weighted by Crippen LogP contribution is 2.18. The van der Waals surface area contributed by atoms with Gasteiger partial charge in [-0.3, -0.25) is 0 Å². The fourth-order valence-electron chi connectivity index (χ4n) is 1.10. The van der Waals surface area contributed by atoms with Crippen molar-refractivity contribution in [1.82, 2.24) is 9.97 Å². The number of nitrogens with zero attached hydrogens (tertiary/aromatic N) is 2. The molecule has 0 amide bonds. The van der Waals surface area contributed by atoms with Crippen molar-refractivity contribution in [3.05, 3.63) is 35.1 Å². The molecule has 0 atom stereocenters. The third-order valence-corrected chi connectivity index (χ3v) is 2.75. The highest BCUT2D eigenvalue weighted by atomic mass is 127. The second-order valence-electron chi connectivity index (χ2n) is 2.58. The van der Waals surface area contributed by atoms with Crippen LogP contribution in [0.25, 0.3) is 11.0 Å². The Labute approximate surface area is 94.5 Å². The molecule has 0 unspecified atom stereocenters. The number of rotatable bonds is 1. The Hall–Kier alpha value is -0.420. The summed E-state index contributed by atoms with van der Waals surface area (Å²) in [5.41, 5.74) is 2.60. The second-order valence-corrected chi connectivity index (χ2v) is 3.70. The average molecular weight is 305 g/mol. The Balaban J connectivity index is 2.74. The molecule has 0 spiro atoms. The van der Waals surface area contributed by atoms with Crippen LogP contribution in [-0.2, 0) is 4.43 Å². The maximum Gasteiger partial charge on any atom is 0.152 e. The summed E-state index contributed by atoms with van der Waals surface area (Å²) >= 11 is 8.15. The lowest BCUT2D eigenvalue weighted by Crippen LogP contribution is -1.91. The molecule has 0 radical (unpaired) electrons. The second kappa shape index (κ2) is 3.75. The molecular formula is C9H6ClIN2. The zero-order valence-electron chi connectivity index (χ0n) is 6.67. The number of halogens is 2. The first-order chi connectivity index (χ1) is 6.31. The van der Waals surface area contributed by atoms with Crippen molar-refractivity contribution in [2.75, 3.05) is 0 Å². The lowest BCUT2D eigenvalue weighted by molar-refractivity contribution is 1.18. The minimum Gasteiger partial charge on any atom is -0.247 e. The molecule has 0 saturated heterocycles. The molecule has 66 valence electrons. The molecule has 0 bridgehead atoms. The van der Waals surface area contributed by atoms with Crippen LogP contribution in [0.5, 0.6) is 0 Å². The summed E-state index contributed by atoms with van der Waals surface area (Å²) < 4.78 is 0.786. The summed E-state index contributed by atoms with van der Waals surface area (Å²) in [4.78, 5) is 8.64. The Morgan fingerprint density at radius 1 is 1.15 bits per heavy atom. The Bertz CT molecular complexity index is 445. The monoisotopic (exact) mass is 304 g/mol. The molecule has 0 aliphatic carbocycles. The normalized spacial score (nSPS) is 10.6. The van der Waals surface area contributed by atoms with Crippen LogP contribution < -0.4 is 0 Å². The predicted octanol–water partition coefficient (Wildman–Crippen LogP) is 3.22. The SMILES string of the molecule is Clc1nc2ccccc2nc1CI. The van der Waals surface area contributed by atoms with E-state index in [1.165, 1.54) is 0 Å². The van der Waals surface area contributed by atoms with Crippen molar-refractivity contribution in [3.8, 4) is 0 Å². The van der Waals surface area contributed by atoms with E-state index in [-0.39, 0.29) is 0 Å². The quantitative estimate of drug-likeness (QED) is 0.597. The van der Waals surface area contributed by atoms with E-state index in [0.717, 1.165) is 21.2 Å². The van der Waals surface area contributed by atoms with Gasteiger partial charge >= 0.3 is 0 Å². The molecule has 1 aromatic carbocycles. The molecule has 0 saturated carbocycles. The first kappa shape index (κ1) is 9.15. The Morgan fingerprint density at radius 2 is 1.77 bits per heavy atom. The van der Waals surface area contributed by atoms with Crippen molar-refractivity contribution in [2.24, 2.45) is 0 Å². The molecule has 2 rings (SSSR count). The van der Waals surface area contributed by atoms with Gasteiger partial charge in [0, 0.05) is 4.43 Å². The van der Waals surface area contributed by atoms with Gasteiger partial charge in [0.2, 0.25) is 0 Å². The third kappa shape index (κ3) is 1.76. The lowest BCUT2D eigenvalue weighted by Gasteiger charge is -2.00. The van der Waals surface area contributed by atoms with Crippen molar-refractivity contribution in [1.29, 1.82) is 0 Å². The van der Waals surface area contributed by atoms with Crippen molar-refractivity contribution in [3.63, 3.8) is 0 Å². The van der Waals surface area contributed by atoms with E-state index in [9.17, 15) is 0 Å². The maximum atomic E-state index is 5.92. The number of hydrogen-bond acceptors (Lipinski definition) is 2. The van der Waals surface area contributed by atoms with E-state index in [2.05, 4.69) is 32.6 Å². The number of benzene rings is 1. The molecule has 0 N–H and O–H groups in total. The van der Waals surface area contributed by atoms with E-state index >= 15 is 0 Å². The van der Waals surface area contributed by atoms with Gasteiger partial charge in [0.1, 0.15) is 0 Å². The van der Waals surface area contributed by atoms with Crippen LogP contribution in [0.3, 0.4) is 0 Å². The summed E-state index contributed by atoms with van der Waals surface area (Å²) in [7, 11) is 0. The fraction of sp³-hybridized carbons (Fsp3) is 0.111. The van der Waals surface area contributed by atoms with Crippen molar-refractivity contribution in [2.45, 2.75) is 4.43 Å². The van der Waals surface area contributed by atoms with E-state index in [1.54, 1.807) is 0 Å². The molecule has 2 nitrogen and oxygen atoms in total. The largest absolute Gasteiger partial charge is 0.247 e. The summed E-state index contributed by atoms with van der Waals surface area (Å²) in [6, 6.07) is 7.72. The van der Waals surface area contributed by atoms with Crippen LogP contribution in [0.2, 0.25) is 5.15 Å². The molecule has 2 aromatic rings. The molecule has 0 aliphatic rings. The van der Waals surface area contributed by atoms with Crippen LogP contribution >= 0.6 is 34.2 Å². The number of alkyl halides is 1. The van der Waals surface area contributed by atoms with Crippen LogP contribution in [0.15, 0.2) is 24.3 Å². The summed E-state index contributed by atoms with van der Waals surface area (Å²) in [5, 5.41) is 0.508. The van der Waals surface area contributed by atoms with Gasteiger partial charge in [-0.25, -0.2) is 9.97 Å². The van der Waals surface area contributed by atoms with Crippen LogP contribution in [0.4, 0.5) is 0 Å². The predicted molar refractivity (Wildman–Crippen MR) is 62.3 cm³/mol. The highest BCUT2D eigenvalue weighted by molar-refractivity contribution is 14.1. The van der Waals surface area contributed by atoms with Gasteiger partial charge in [-0.15, -0.1) is 0 Å². The van der Waals surface area contributed by atoms with Gasteiger partial charge < -0.3 is 0 Å². The first-order valence-electron chi connectivity index (χ1n) is 3.78. The molecule has 1 aromatic heterocycles. The van der Waals surface area contributed by atoms with Gasteiger partial charge in [-0.2, -0.15) is 0 Å². The van der Waals surface area contributed by atoms with E-state index in [1.807, 2.05) is 24.3 Å². The Kier molecular flexibility index (Phi) is 2.64. The van der Waals surface area contributed by atoms with Crippen LogP contribution in [0, 0.1) is 0 Å². The van der Waals surface area contributed by atoms with E-state index in [0.29, 0.717) is 5.15 Å². The first-order valence-corrected chi connectivity index (χ1v) is 5.69. The van der Waals surface area contributed by atoms with Gasteiger partial charge in [0.15, 0.2) is 5.15 Å². The zero-order chi connectivity index (χ0) is 9.26. The number of hydrogen-bond donors (Lipinski definition) is 0. The molecule has 0 fully saturated rings.